The second-order valence-electron chi connectivity index (χ2n) is 13.6. The number of nitrogens with zero attached hydrogens (tertiary/aromatic N) is 2. The third kappa shape index (κ3) is 1.51. The lowest BCUT2D eigenvalue weighted by Crippen LogP contribution is -2.81. The van der Waals surface area contributed by atoms with Gasteiger partial charge in [0.1, 0.15) is 14.1 Å². The molecule has 7 aliphatic carbocycles. The van der Waals surface area contributed by atoms with Gasteiger partial charge in [0, 0.05) is 35.1 Å². The van der Waals surface area contributed by atoms with E-state index >= 15 is 0 Å². The number of hydrogen-bond donors (Lipinski definition) is 0. The maximum absolute atomic E-state index is 2.79. The fraction of sp³-hybridized carbons (Fsp3) is 0.667. The smallest absolute Gasteiger partial charge is 0.172 e. The minimum absolute atomic E-state index is 0.644. The van der Waals surface area contributed by atoms with Crippen LogP contribution in [0.5, 0.6) is 0 Å². The normalized spacial score (nSPS) is 54.0. The van der Waals surface area contributed by atoms with E-state index in [1.54, 1.807) is 30.4 Å². The summed E-state index contributed by atoms with van der Waals surface area (Å²) in [5.74, 6) is 9.62. The molecule has 7 aliphatic rings. The Kier molecular flexibility index (Phi) is 2.79. The van der Waals surface area contributed by atoms with Gasteiger partial charge in [-0.25, -0.2) is 9.13 Å². The molecule has 0 amide bonds. The van der Waals surface area contributed by atoms with Gasteiger partial charge in [-0.2, -0.15) is 0 Å². The summed E-state index contributed by atoms with van der Waals surface area (Å²) in [6, 6.07) is 4.82. The number of hydrogen-bond acceptors (Lipinski definition) is 0. The maximum Gasteiger partial charge on any atom is 0.172 e. The summed E-state index contributed by atoms with van der Waals surface area (Å²) >= 11 is 0. The number of fused-ring (bicyclic) bond motifs is 23. The quantitative estimate of drug-likeness (QED) is 0.425. The second kappa shape index (κ2) is 5.03. The molecule has 12 atom stereocenters. The summed E-state index contributed by atoms with van der Waals surface area (Å²) in [6.07, 6.45) is 15.7. The predicted molar refractivity (Wildman–Crippen MR) is 122 cm³/mol. The minimum Gasteiger partial charge on any atom is -0.207 e. The molecule has 2 heterocycles. The van der Waals surface area contributed by atoms with Gasteiger partial charge in [0.25, 0.3) is 0 Å². The van der Waals surface area contributed by atoms with E-state index in [0.717, 1.165) is 59.2 Å². The van der Waals surface area contributed by atoms with Crippen LogP contribution in [0.2, 0.25) is 0 Å². The Labute approximate surface area is 192 Å². The number of rotatable bonds is 0. The summed E-state index contributed by atoms with van der Waals surface area (Å²) in [7, 11) is 4.44. The van der Waals surface area contributed by atoms with E-state index in [2.05, 4.69) is 74.0 Å². The molecule has 32 heavy (non-hydrogen) atoms. The Bertz CT molecular complexity index is 1140. The van der Waals surface area contributed by atoms with Gasteiger partial charge in [0.15, 0.2) is 24.8 Å². The Morgan fingerprint density at radius 2 is 1.16 bits per heavy atom. The van der Waals surface area contributed by atoms with Crippen LogP contribution >= 0.6 is 0 Å². The Morgan fingerprint density at radius 3 is 1.62 bits per heavy atom. The van der Waals surface area contributed by atoms with Gasteiger partial charge in [0.05, 0.1) is 0 Å². The van der Waals surface area contributed by atoms with Crippen molar-refractivity contribution < 1.29 is 9.13 Å². The van der Waals surface area contributed by atoms with Crippen LogP contribution in [0.1, 0.15) is 62.5 Å². The van der Waals surface area contributed by atoms with E-state index in [4.69, 9.17) is 0 Å². The van der Waals surface area contributed by atoms with Crippen molar-refractivity contribution in [2.75, 3.05) is 0 Å². The van der Waals surface area contributed by atoms with Crippen molar-refractivity contribution in [1.29, 1.82) is 0 Å². The van der Waals surface area contributed by atoms with Crippen LogP contribution in [0.15, 0.2) is 36.9 Å². The SMILES string of the molecule is C[n+]1ccc2c(c1)[C@@H]1[C@@H]3C[C@H]([C@@H]1c1c[n+](C)ccc1-2)[C@@H]1[C@H]3[C@@]2(C)[C@@H]3[C@H]4CC[C@H](C4)[C@@H]3[C@@]12C. The lowest BCUT2D eigenvalue weighted by Gasteiger charge is -2.85. The number of pyridine rings is 2. The molecule has 2 aromatic rings. The van der Waals surface area contributed by atoms with Crippen LogP contribution in [-0.4, -0.2) is 0 Å². The maximum atomic E-state index is 2.79. The minimum atomic E-state index is 0.644. The van der Waals surface area contributed by atoms with Gasteiger partial charge >= 0.3 is 0 Å². The van der Waals surface area contributed by atoms with Crippen molar-refractivity contribution in [1.82, 2.24) is 0 Å². The Hall–Kier alpha value is -1.70. The Balaban J connectivity index is 1.24. The molecule has 9 rings (SSSR count). The molecule has 0 aromatic carbocycles. The number of aromatic nitrogens is 2. The zero-order chi connectivity index (χ0) is 21.3. The third-order valence-corrected chi connectivity index (χ3v) is 13.3. The molecule has 0 N–H and O–H groups in total. The van der Waals surface area contributed by atoms with Crippen LogP contribution < -0.4 is 9.13 Å². The van der Waals surface area contributed by atoms with E-state index < -0.39 is 0 Å². The number of aryl methyl sites for hydroxylation is 2. The molecule has 0 spiro atoms. The molecule has 0 radical (unpaired) electrons. The van der Waals surface area contributed by atoms with Crippen molar-refractivity contribution in [3.05, 3.63) is 48.0 Å². The lowest BCUT2D eigenvalue weighted by atomic mass is 9.19. The van der Waals surface area contributed by atoms with Gasteiger partial charge in [-0.1, -0.05) is 13.8 Å². The zero-order valence-electron chi connectivity index (χ0n) is 20.0. The fourth-order valence-electron chi connectivity index (χ4n) is 12.9. The van der Waals surface area contributed by atoms with Crippen LogP contribution in [0.3, 0.4) is 0 Å². The van der Waals surface area contributed by atoms with Gasteiger partial charge in [-0.05, 0) is 95.0 Å². The monoisotopic (exact) mass is 424 g/mol. The van der Waals surface area contributed by atoms with Crippen molar-refractivity contribution in [3.8, 4) is 11.1 Å². The van der Waals surface area contributed by atoms with E-state index in [1.807, 2.05) is 0 Å². The molecule has 4 bridgehead atoms. The summed E-state index contributed by atoms with van der Waals surface area (Å²) in [5, 5.41) is 0. The van der Waals surface area contributed by atoms with E-state index in [-0.39, 0.29) is 0 Å². The highest BCUT2D eigenvalue weighted by Gasteiger charge is 2.89. The van der Waals surface area contributed by atoms with E-state index in [0.29, 0.717) is 10.8 Å². The summed E-state index contributed by atoms with van der Waals surface area (Å²) in [6.45, 7) is 5.57. The zero-order valence-corrected chi connectivity index (χ0v) is 20.0. The summed E-state index contributed by atoms with van der Waals surface area (Å²) in [4.78, 5) is 0. The molecule has 0 aliphatic heterocycles. The topological polar surface area (TPSA) is 7.76 Å². The molecule has 164 valence electrons. The Morgan fingerprint density at radius 1 is 0.688 bits per heavy atom. The standard InChI is InChI=1S/C30H36N2/c1-29-25-15-5-6-16(11-15)26(25)30(29,2)28-20-12-19(27(28)29)23-21-13-31(3)9-7-17(21)18-8-10-32(4)14-22(18)24(20)23/h7-10,13-16,19-20,23-28H,5-6,11-12H2,1-4H3/q+2/t15-,16+,19-,20+,23-,24+,25+,26-,27-,28+,29+,30-. The lowest BCUT2D eigenvalue weighted by molar-refractivity contribution is -0.672. The van der Waals surface area contributed by atoms with Crippen molar-refractivity contribution in [2.45, 2.75) is 51.4 Å². The largest absolute Gasteiger partial charge is 0.207 e. The molecule has 6 fully saturated rings. The van der Waals surface area contributed by atoms with Gasteiger partial charge in [0.2, 0.25) is 0 Å². The molecule has 6 saturated carbocycles. The highest BCUT2D eigenvalue weighted by molar-refractivity contribution is 5.74. The van der Waals surface area contributed by atoms with Crippen molar-refractivity contribution in [3.63, 3.8) is 0 Å². The molecule has 0 unspecified atom stereocenters. The molecule has 0 saturated heterocycles. The van der Waals surface area contributed by atoms with E-state index in [9.17, 15) is 0 Å². The molecule has 2 aromatic heterocycles. The first-order chi connectivity index (χ1) is 15.4. The average molecular weight is 425 g/mol. The molecular weight excluding hydrogens is 388 g/mol. The van der Waals surface area contributed by atoms with Gasteiger partial charge < -0.3 is 0 Å². The van der Waals surface area contributed by atoms with Crippen LogP contribution in [0, 0.1) is 58.2 Å². The fourth-order valence-corrected chi connectivity index (χ4v) is 12.9. The van der Waals surface area contributed by atoms with E-state index in [1.165, 1.54) is 17.5 Å². The highest BCUT2D eigenvalue weighted by atomic mass is 14.9. The van der Waals surface area contributed by atoms with Crippen LogP contribution in [0.25, 0.3) is 11.1 Å². The van der Waals surface area contributed by atoms with Crippen molar-refractivity contribution >= 4 is 0 Å². The molecule has 2 heteroatoms. The third-order valence-electron chi connectivity index (χ3n) is 13.3. The van der Waals surface area contributed by atoms with Crippen LogP contribution in [0.4, 0.5) is 0 Å². The first-order valence-corrected chi connectivity index (χ1v) is 13.4. The van der Waals surface area contributed by atoms with Crippen molar-refractivity contribution in [2.24, 2.45) is 72.3 Å². The average Bonchev–Trinajstić information content (AvgIpc) is 3.55. The molecular formula is C30H36N2+2. The van der Waals surface area contributed by atoms with Gasteiger partial charge in [-0.15, -0.1) is 0 Å². The van der Waals surface area contributed by atoms with Gasteiger partial charge in [-0.3, -0.25) is 0 Å². The second-order valence-corrected chi connectivity index (χ2v) is 13.6. The first-order valence-electron chi connectivity index (χ1n) is 13.4. The highest BCUT2D eigenvalue weighted by Crippen LogP contribution is 2.94. The summed E-state index contributed by atoms with van der Waals surface area (Å²) in [5.41, 5.74) is 7.70. The summed E-state index contributed by atoms with van der Waals surface area (Å²) < 4.78 is 4.63. The molecule has 2 nitrogen and oxygen atoms in total. The van der Waals surface area contributed by atoms with Crippen LogP contribution in [-0.2, 0) is 14.1 Å². The first kappa shape index (κ1) is 17.7. The predicted octanol–water partition coefficient (Wildman–Crippen LogP) is 4.77.